The Morgan fingerprint density at radius 1 is 0.911 bits per heavy atom. The predicted octanol–water partition coefficient (Wildman–Crippen LogP) is 3.74. The van der Waals surface area contributed by atoms with Crippen molar-refractivity contribution in [2.24, 2.45) is 11.8 Å². The van der Waals surface area contributed by atoms with Gasteiger partial charge in [-0.25, -0.2) is 0 Å². The second kappa shape index (κ2) is 12.9. The van der Waals surface area contributed by atoms with Crippen molar-refractivity contribution in [1.29, 1.82) is 0 Å². The van der Waals surface area contributed by atoms with Gasteiger partial charge in [-0.15, -0.1) is 0 Å². The highest BCUT2D eigenvalue weighted by Gasteiger charge is 2.72. The Hall–Kier alpha value is -3.73. The van der Waals surface area contributed by atoms with Crippen molar-refractivity contribution >= 4 is 23.4 Å². The number of para-hydroxylation sites is 1. The number of nitrogens with one attached hydrogen (secondary N) is 2. The van der Waals surface area contributed by atoms with Gasteiger partial charge < -0.3 is 29.7 Å². The van der Waals surface area contributed by atoms with E-state index in [2.05, 4.69) is 15.5 Å². The molecule has 0 unspecified atom stereocenters. The van der Waals surface area contributed by atoms with E-state index in [9.17, 15) is 14.4 Å². The fourth-order valence-electron chi connectivity index (χ4n) is 7.78. The van der Waals surface area contributed by atoms with Crippen molar-refractivity contribution in [3.63, 3.8) is 0 Å². The predicted molar refractivity (Wildman–Crippen MR) is 168 cm³/mol. The quantitative estimate of drug-likeness (QED) is 0.393. The zero-order valence-corrected chi connectivity index (χ0v) is 25.6. The largest absolute Gasteiger partial charge is 0.457 e. The van der Waals surface area contributed by atoms with Crippen LogP contribution in [0.15, 0.2) is 66.7 Å². The number of rotatable bonds is 10. The maximum absolute atomic E-state index is 14.2. The van der Waals surface area contributed by atoms with Gasteiger partial charge in [0.05, 0.1) is 31.2 Å². The van der Waals surface area contributed by atoms with E-state index in [-0.39, 0.29) is 23.8 Å². The minimum Gasteiger partial charge on any atom is -0.457 e. The molecular weight excluding hydrogens is 572 g/mol. The lowest BCUT2D eigenvalue weighted by Crippen LogP contribution is -2.56. The molecule has 10 heteroatoms. The number of morpholine rings is 1. The summed E-state index contributed by atoms with van der Waals surface area (Å²) in [6, 6.07) is 15.9. The Morgan fingerprint density at radius 3 is 2.40 bits per heavy atom. The molecule has 238 valence electrons. The molecule has 2 N–H and O–H groups in total. The molecule has 1 spiro atoms. The highest BCUT2D eigenvalue weighted by atomic mass is 16.5. The van der Waals surface area contributed by atoms with Crippen molar-refractivity contribution in [1.82, 2.24) is 15.1 Å². The van der Waals surface area contributed by atoms with Gasteiger partial charge in [0, 0.05) is 37.9 Å². The fourth-order valence-corrected chi connectivity index (χ4v) is 7.78. The Kier molecular flexibility index (Phi) is 8.61. The van der Waals surface area contributed by atoms with E-state index < -0.39 is 29.6 Å². The topological polar surface area (TPSA) is 109 Å². The van der Waals surface area contributed by atoms with Crippen LogP contribution in [0, 0.1) is 11.8 Å². The summed E-state index contributed by atoms with van der Waals surface area (Å²) in [5.41, 5.74) is -0.560. The molecule has 1 aliphatic carbocycles. The number of fused-ring (bicyclic) bond motifs is 1. The van der Waals surface area contributed by atoms with Crippen LogP contribution in [0.1, 0.15) is 38.5 Å². The molecular formula is C35H42N4O6. The summed E-state index contributed by atoms with van der Waals surface area (Å²) < 4.78 is 17.9. The van der Waals surface area contributed by atoms with Gasteiger partial charge >= 0.3 is 0 Å². The summed E-state index contributed by atoms with van der Waals surface area (Å²) in [6.07, 6.45) is 9.15. The Morgan fingerprint density at radius 2 is 1.64 bits per heavy atom. The van der Waals surface area contributed by atoms with E-state index in [0.717, 1.165) is 57.5 Å². The normalized spacial score (nSPS) is 29.5. The second-order valence-electron chi connectivity index (χ2n) is 12.8. The van der Waals surface area contributed by atoms with Gasteiger partial charge in [0.2, 0.25) is 17.7 Å². The first-order valence-corrected chi connectivity index (χ1v) is 16.4. The molecule has 3 saturated heterocycles. The van der Waals surface area contributed by atoms with E-state index >= 15 is 0 Å². The van der Waals surface area contributed by atoms with E-state index in [1.807, 2.05) is 42.5 Å². The average molecular weight is 615 g/mol. The first kappa shape index (κ1) is 30.0. The number of ether oxygens (including phenoxy) is 3. The molecule has 4 heterocycles. The van der Waals surface area contributed by atoms with Crippen molar-refractivity contribution in [3.8, 4) is 11.5 Å². The first-order chi connectivity index (χ1) is 22.0. The molecule has 4 aliphatic heterocycles. The van der Waals surface area contributed by atoms with Crippen LogP contribution in [0.4, 0.5) is 5.69 Å². The number of anilines is 1. The molecule has 7 rings (SSSR count). The van der Waals surface area contributed by atoms with Gasteiger partial charge in [0.25, 0.3) is 0 Å². The lowest BCUT2D eigenvalue weighted by atomic mass is 9.74. The lowest BCUT2D eigenvalue weighted by Gasteiger charge is -2.34. The Bertz CT molecular complexity index is 1400. The molecule has 0 radical (unpaired) electrons. The van der Waals surface area contributed by atoms with Crippen LogP contribution < -0.4 is 15.4 Å². The fraction of sp³-hybridized carbons (Fsp3) is 0.514. The minimum absolute atomic E-state index is 0.0996. The maximum atomic E-state index is 14.2. The van der Waals surface area contributed by atoms with Gasteiger partial charge in [-0.2, -0.15) is 0 Å². The van der Waals surface area contributed by atoms with E-state index in [1.165, 1.54) is 6.42 Å². The molecule has 45 heavy (non-hydrogen) atoms. The highest BCUT2D eigenvalue weighted by molar-refractivity contribution is 6.02. The van der Waals surface area contributed by atoms with Crippen molar-refractivity contribution in [3.05, 3.63) is 66.7 Å². The van der Waals surface area contributed by atoms with Crippen LogP contribution >= 0.6 is 0 Å². The van der Waals surface area contributed by atoms with Gasteiger partial charge in [-0.1, -0.05) is 49.6 Å². The highest BCUT2D eigenvalue weighted by Crippen LogP contribution is 2.55. The zero-order valence-electron chi connectivity index (χ0n) is 25.6. The molecule has 3 amide bonds. The molecule has 1 saturated carbocycles. The third-order valence-corrected chi connectivity index (χ3v) is 9.95. The zero-order chi connectivity index (χ0) is 30.8. The summed E-state index contributed by atoms with van der Waals surface area (Å²) >= 11 is 0. The molecule has 2 aromatic carbocycles. The number of likely N-dealkylation sites (tertiary alicyclic amines) is 1. The monoisotopic (exact) mass is 614 g/mol. The number of hydrogen-bond donors (Lipinski definition) is 2. The van der Waals surface area contributed by atoms with E-state index in [1.54, 1.807) is 29.2 Å². The van der Waals surface area contributed by atoms with Crippen molar-refractivity contribution in [2.45, 2.75) is 62.3 Å². The standard InChI is InChI=1S/C35H42N4O6/c40-32(36-25-12-14-27(15-13-25)44-26-10-5-2-6-11-26)29-28-16-17-35(45-28)30(29)34(42)39(19-7-18-38-20-22-43-23-21-38)31(35)33(41)37-24-8-3-1-4-9-24/h2,5-6,10-17,24,28-31H,1,3-4,7-9,18-23H2,(H,36,40)(H,37,41)/t28-,29+,30-,31+,35-/m0/s1. The summed E-state index contributed by atoms with van der Waals surface area (Å²) in [5.74, 6) is -0.779. The molecule has 10 nitrogen and oxygen atoms in total. The number of hydrogen-bond acceptors (Lipinski definition) is 7. The first-order valence-electron chi connectivity index (χ1n) is 16.4. The van der Waals surface area contributed by atoms with Gasteiger partial charge in [-0.05, 0) is 55.7 Å². The lowest BCUT2D eigenvalue weighted by molar-refractivity contribution is -0.141. The molecule has 5 atom stereocenters. The maximum Gasteiger partial charge on any atom is 0.246 e. The van der Waals surface area contributed by atoms with Crippen molar-refractivity contribution in [2.75, 3.05) is 44.7 Å². The van der Waals surface area contributed by atoms with E-state index in [0.29, 0.717) is 31.2 Å². The number of nitrogens with zero attached hydrogens (tertiary/aromatic N) is 2. The smallest absolute Gasteiger partial charge is 0.246 e. The van der Waals surface area contributed by atoms with Crippen LogP contribution in [-0.4, -0.2) is 90.7 Å². The number of benzene rings is 2. The van der Waals surface area contributed by atoms with Gasteiger partial charge in [0.15, 0.2) is 0 Å². The van der Waals surface area contributed by atoms with Crippen LogP contribution in [0.3, 0.4) is 0 Å². The van der Waals surface area contributed by atoms with Crippen LogP contribution in [0.5, 0.6) is 11.5 Å². The van der Waals surface area contributed by atoms with Crippen molar-refractivity contribution < 1.29 is 28.6 Å². The molecule has 4 fully saturated rings. The van der Waals surface area contributed by atoms with Crippen LogP contribution in [-0.2, 0) is 23.9 Å². The second-order valence-corrected chi connectivity index (χ2v) is 12.8. The molecule has 0 aromatic heterocycles. The molecule has 5 aliphatic rings. The summed E-state index contributed by atoms with van der Waals surface area (Å²) in [4.78, 5) is 46.1. The van der Waals surface area contributed by atoms with E-state index in [4.69, 9.17) is 14.2 Å². The summed E-state index contributed by atoms with van der Waals surface area (Å²) in [5, 5.41) is 6.26. The average Bonchev–Trinajstić information content (AvgIpc) is 3.71. The summed E-state index contributed by atoms with van der Waals surface area (Å²) in [7, 11) is 0. The van der Waals surface area contributed by atoms with Gasteiger partial charge in [0.1, 0.15) is 23.1 Å². The minimum atomic E-state index is -1.16. The Balaban J connectivity index is 1.08. The molecule has 2 bridgehead atoms. The summed E-state index contributed by atoms with van der Waals surface area (Å²) in [6.45, 7) is 4.38. The number of amides is 3. The third-order valence-electron chi connectivity index (χ3n) is 9.95. The Labute approximate surface area is 264 Å². The number of carbonyl (C=O) groups is 3. The molecule has 2 aromatic rings. The number of carbonyl (C=O) groups excluding carboxylic acids is 3. The third kappa shape index (κ3) is 5.98. The van der Waals surface area contributed by atoms with Crippen LogP contribution in [0.25, 0.3) is 0 Å². The van der Waals surface area contributed by atoms with Crippen LogP contribution in [0.2, 0.25) is 0 Å². The SMILES string of the molecule is O=C(Nc1ccc(Oc2ccccc2)cc1)[C@@H]1[C@@H]2C=C[C@]3(O2)[C@@H]1C(=O)N(CCCN1CCOCC1)[C@@H]3C(=O)NC1CCCCC1. The van der Waals surface area contributed by atoms with Gasteiger partial charge in [-0.3, -0.25) is 19.3 Å².